The van der Waals surface area contributed by atoms with Crippen molar-refractivity contribution in [3.63, 3.8) is 0 Å². The van der Waals surface area contributed by atoms with Crippen molar-refractivity contribution in [3.05, 3.63) is 0 Å². The maximum absolute atomic E-state index is 13.4. The molecule has 5 aliphatic carbocycles. The lowest BCUT2D eigenvalue weighted by atomic mass is 9.37. The molecule has 5 saturated carbocycles. The number of aliphatic hydroxyl groups is 7. The molecule has 0 radical (unpaired) electrons. The second kappa shape index (κ2) is 11.2. The zero-order valence-corrected chi connectivity index (χ0v) is 28.9. The van der Waals surface area contributed by atoms with E-state index in [2.05, 4.69) is 34.6 Å². The van der Waals surface area contributed by atoms with Gasteiger partial charge >= 0.3 is 0 Å². The topological polar surface area (TPSA) is 177 Å². The Labute approximate surface area is 273 Å². The van der Waals surface area contributed by atoms with Crippen LogP contribution in [0.5, 0.6) is 0 Å². The van der Waals surface area contributed by atoms with Crippen LogP contribution in [0.15, 0.2) is 0 Å². The highest BCUT2D eigenvalue weighted by atomic mass is 16.7. The van der Waals surface area contributed by atoms with Gasteiger partial charge in [-0.1, -0.05) is 34.6 Å². The summed E-state index contributed by atoms with van der Waals surface area (Å²) in [6.07, 6.45) is -2.06. The number of hydrogen-bond acceptors (Lipinski definition) is 10. The summed E-state index contributed by atoms with van der Waals surface area (Å²) in [6.45, 7) is 13.5. The Bertz CT molecular complexity index is 1180. The Hall–Kier alpha value is -0.690. The Morgan fingerprint density at radius 3 is 2.28 bits per heavy atom. The highest BCUT2D eigenvalue weighted by Crippen LogP contribution is 2.91. The maximum atomic E-state index is 13.4. The molecule has 8 unspecified atom stereocenters. The van der Waals surface area contributed by atoms with Gasteiger partial charge in [-0.2, -0.15) is 0 Å². The quantitative estimate of drug-likeness (QED) is 0.193. The van der Waals surface area contributed by atoms with Gasteiger partial charge in [-0.05, 0) is 105 Å². The molecule has 16 atom stereocenters. The van der Waals surface area contributed by atoms with Crippen molar-refractivity contribution >= 4 is 5.78 Å². The smallest absolute Gasteiger partial charge is 0.186 e. The number of hydrogen-bond donors (Lipinski definition) is 7. The average Bonchev–Trinajstić information content (AvgIpc) is 3.55. The Kier molecular flexibility index (Phi) is 8.52. The van der Waals surface area contributed by atoms with Crippen LogP contribution in [0, 0.1) is 50.7 Å². The third-order valence-corrected chi connectivity index (χ3v) is 15.4. The molecular weight excluding hydrogens is 592 g/mol. The molecule has 10 nitrogen and oxygen atoms in total. The molecule has 7 N–H and O–H groups in total. The van der Waals surface area contributed by atoms with Crippen LogP contribution in [0.3, 0.4) is 0 Å². The van der Waals surface area contributed by atoms with E-state index in [4.69, 9.17) is 9.47 Å². The van der Waals surface area contributed by atoms with E-state index in [0.717, 1.165) is 38.5 Å². The molecule has 46 heavy (non-hydrogen) atoms. The van der Waals surface area contributed by atoms with E-state index in [1.807, 2.05) is 0 Å². The van der Waals surface area contributed by atoms with E-state index in [-0.39, 0.29) is 45.2 Å². The average molecular weight is 653 g/mol. The lowest BCUT2D eigenvalue weighted by molar-refractivity contribution is -0.341. The fourth-order valence-electron chi connectivity index (χ4n) is 12.9. The van der Waals surface area contributed by atoms with Gasteiger partial charge in [0.25, 0.3) is 0 Å². The van der Waals surface area contributed by atoms with E-state index < -0.39 is 66.6 Å². The number of aliphatic hydroxyl groups excluding tert-OH is 6. The van der Waals surface area contributed by atoms with Gasteiger partial charge in [-0.25, -0.2) is 0 Å². The van der Waals surface area contributed by atoms with Crippen molar-refractivity contribution in [2.75, 3.05) is 6.61 Å². The number of carbonyl (C=O) groups excluding carboxylic acids is 1. The van der Waals surface area contributed by atoms with Crippen molar-refractivity contribution in [1.82, 2.24) is 0 Å². The number of Topliss-reactive ketones (excluding diaryl/α,β-unsaturated/α-hetero) is 1. The molecule has 0 amide bonds. The summed E-state index contributed by atoms with van der Waals surface area (Å²) >= 11 is 0. The van der Waals surface area contributed by atoms with Crippen molar-refractivity contribution in [2.24, 2.45) is 50.7 Å². The zero-order valence-electron chi connectivity index (χ0n) is 28.9. The fourth-order valence-corrected chi connectivity index (χ4v) is 12.9. The zero-order chi connectivity index (χ0) is 34.0. The number of ketones is 1. The standard InChI is InChI=1S/C36H60O10/c1-18(14-20(38)29(43)32(4,5)44)19-8-13-36-17-35(19,36)12-9-22-33(6)11-10-24(39)31(2,3)23(33)15-25(34(22,36)7)46-30-28(42)27(41)26(40)21(16-37)45-30/h18-23,25-30,37-38,40-44H,8-17H2,1-7H3/t18-,19?,20+,21?,22?,23?,25-,26?,27?,28?,29-,30?,33+,34-,35-,36-/m0/s1. The number of rotatable bonds is 8. The summed E-state index contributed by atoms with van der Waals surface area (Å²) in [5.74, 6) is 1.01. The van der Waals surface area contributed by atoms with Crippen molar-refractivity contribution in [1.29, 1.82) is 0 Å². The van der Waals surface area contributed by atoms with Gasteiger partial charge in [0.15, 0.2) is 6.29 Å². The Morgan fingerprint density at radius 2 is 1.65 bits per heavy atom. The molecule has 6 rings (SSSR count). The summed E-state index contributed by atoms with van der Waals surface area (Å²) < 4.78 is 12.8. The Balaban J connectivity index is 1.36. The number of fused-ring (bicyclic) bond motifs is 3. The highest BCUT2D eigenvalue weighted by Gasteiger charge is 2.85. The first-order valence-corrected chi connectivity index (χ1v) is 17.8. The van der Waals surface area contributed by atoms with Crippen LogP contribution in [0.1, 0.15) is 106 Å². The van der Waals surface area contributed by atoms with Crippen molar-refractivity contribution in [3.8, 4) is 0 Å². The van der Waals surface area contributed by atoms with Gasteiger partial charge in [0.1, 0.15) is 36.3 Å². The number of ether oxygens (including phenoxy) is 2. The molecular formula is C36H60O10. The minimum atomic E-state index is -1.53. The molecule has 0 aromatic rings. The number of carbonyl (C=O) groups is 1. The van der Waals surface area contributed by atoms with E-state index >= 15 is 0 Å². The first-order valence-electron chi connectivity index (χ1n) is 17.8. The fraction of sp³-hybridized carbons (Fsp3) is 0.972. The summed E-state index contributed by atoms with van der Waals surface area (Å²) in [5, 5.41) is 73.9. The molecule has 0 aromatic heterocycles. The third kappa shape index (κ3) is 4.64. The molecule has 0 aromatic carbocycles. The monoisotopic (exact) mass is 652 g/mol. The highest BCUT2D eigenvalue weighted by molar-refractivity contribution is 5.85. The minimum Gasteiger partial charge on any atom is -0.394 e. The van der Waals surface area contributed by atoms with E-state index in [0.29, 0.717) is 25.2 Å². The first kappa shape index (κ1) is 35.1. The van der Waals surface area contributed by atoms with Gasteiger partial charge in [-0.3, -0.25) is 4.79 Å². The van der Waals surface area contributed by atoms with Crippen LogP contribution in [-0.2, 0) is 14.3 Å². The predicted molar refractivity (Wildman–Crippen MR) is 168 cm³/mol. The summed E-state index contributed by atoms with van der Waals surface area (Å²) in [5.41, 5.74) is -2.41. The van der Waals surface area contributed by atoms with Crippen molar-refractivity contribution < 1.29 is 50.0 Å². The molecule has 6 aliphatic rings. The lowest BCUT2D eigenvalue weighted by Crippen LogP contribution is -2.68. The second-order valence-electron chi connectivity index (χ2n) is 18.1. The van der Waals surface area contributed by atoms with Gasteiger partial charge in [-0.15, -0.1) is 0 Å². The Morgan fingerprint density at radius 1 is 0.978 bits per heavy atom. The van der Waals surface area contributed by atoms with Crippen LogP contribution < -0.4 is 0 Å². The van der Waals surface area contributed by atoms with Gasteiger partial charge in [0.2, 0.25) is 0 Å². The first-order chi connectivity index (χ1) is 21.2. The SMILES string of the molecule is C[C@@H](C[C@@H](O)[C@H](O)C(C)(C)O)C1CC[C@@]23C[C@@]12CCC1[C@@]2(C)CCC(=O)C(C)(C)C2C[C@H](OC2OC(CO)C(O)C(O)C2O)[C@]13C. The largest absolute Gasteiger partial charge is 0.394 e. The summed E-state index contributed by atoms with van der Waals surface area (Å²) in [7, 11) is 0. The predicted octanol–water partition coefficient (Wildman–Crippen LogP) is 2.31. The van der Waals surface area contributed by atoms with Gasteiger partial charge in [0.05, 0.1) is 24.4 Å². The second-order valence-corrected chi connectivity index (χ2v) is 18.1. The van der Waals surface area contributed by atoms with E-state index in [1.54, 1.807) is 0 Å². The lowest BCUT2D eigenvalue weighted by Gasteiger charge is -2.68. The molecule has 0 bridgehead atoms. The molecule has 1 saturated heterocycles. The summed E-state index contributed by atoms with van der Waals surface area (Å²) in [4.78, 5) is 13.4. The minimum absolute atomic E-state index is 0.0390. The van der Waals surface area contributed by atoms with Gasteiger partial charge in [0, 0.05) is 17.3 Å². The normalized spacial score (nSPS) is 51.7. The van der Waals surface area contributed by atoms with Crippen LogP contribution in [0.25, 0.3) is 0 Å². The van der Waals surface area contributed by atoms with Crippen LogP contribution >= 0.6 is 0 Å². The third-order valence-electron chi connectivity index (χ3n) is 15.4. The summed E-state index contributed by atoms with van der Waals surface area (Å²) in [6, 6.07) is 0. The van der Waals surface area contributed by atoms with Gasteiger partial charge < -0.3 is 45.2 Å². The van der Waals surface area contributed by atoms with Crippen LogP contribution in [-0.4, -0.2) is 103 Å². The van der Waals surface area contributed by atoms with Crippen LogP contribution in [0.2, 0.25) is 0 Å². The van der Waals surface area contributed by atoms with E-state index in [1.165, 1.54) is 13.8 Å². The maximum Gasteiger partial charge on any atom is 0.186 e. The molecule has 1 heterocycles. The molecule has 10 heteroatoms. The molecule has 0 spiro atoms. The molecule has 264 valence electrons. The van der Waals surface area contributed by atoms with E-state index in [9.17, 15) is 40.5 Å². The molecule has 6 fully saturated rings. The molecule has 1 aliphatic heterocycles. The van der Waals surface area contributed by atoms with Crippen molar-refractivity contribution in [2.45, 2.75) is 161 Å². The van der Waals surface area contributed by atoms with Crippen LogP contribution in [0.4, 0.5) is 0 Å².